The molecule has 0 bridgehead atoms. The van der Waals surface area contributed by atoms with Gasteiger partial charge in [0.25, 0.3) is 0 Å². The SMILES string of the molecule is C#CCOCCOCCOCCOCCOCCOCCOCCOCCCCC. The first-order valence-corrected chi connectivity index (χ1v) is 11.0. The molecule has 0 N–H and O–H groups in total. The third-order valence-electron chi connectivity index (χ3n) is 3.68. The van der Waals surface area contributed by atoms with Crippen LogP contribution < -0.4 is 0 Å². The van der Waals surface area contributed by atoms with Crippen molar-refractivity contribution in [1.29, 1.82) is 0 Å². The van der Waals surface area contributed by atoms with E-state index in [-0.39, 0.29) is 0 Å². The molecule has 0 unspecified atom stereocenters. The second-order valence-electron chi connectivity index (χ2n) is 6.25. The molecule has 0 rings (SSSR count). The fourth-order valence-electron chi connectivity index (χ4n) is 2.12. The summed E-state index contributed by atoms with van der Waals surface area (Å²) < 4.78 is 43.0. The lowest BCUT2D eigenvalue weighted by Crippen LogP contribution is -2.15. The van der Waals surface area contributed by atoms with Gasteiger partial charge in [-0.2, -0.15) is 0 Å². The number of terminal acetylenes is 1. The zero-order valence-corrected chi connectivity index (χ0v) is 18.8. The first kappa shape index (κ1) is 29.2. The van der Waals surface area contributed by atoms with Crippen molar-refractivity contribution in [2.45, 2.75) is 26.2 Å². The predicted molar refractivity (Wildman–Crippen MR) is 115 cm³/mol. The molecular weight excluding hydrogens is 392 g/mol. The van der Waals surface area contributed by atoms with Gasteiger partial charge in [-0.05, 0) is 6.42 Å². The van der Waals surface area contributed by atoms with Crippen molar-refractivity contribution in [2.75, 3.05) is 106 Å². The van der Waals surface area contributed by atoms with Crippen LogP contribution in [0.15, 0.2) is 0 Å². The number of rotatable bonds is 26. The minimum atomic E-state index is 0.318. The lowest BCUT2D eigenvalue weighted by Gasteiger charge is -2.08. The number of ether oxygens (including phenoxy) is 8. The van der Waals surface area contributed by atoms with Crippen LogP contribution in [0.3, 0.4) is 0 Å². The second kappa shape index (κ2) is 28.2. The van der Waals surface area contributed by atoms with E-state index in [0.29, 0.717) is 99.1 Å². The van der Waals surface area contributed by atoms with E-state index < -0.39 is 0 Å². The Morgan fingerprint density at radius 1 is 0.433 bits per heavy atom. The molecule has 0 heterocycles. The predicted octanol–water partition coefficient (Wildman–Crippen LogP) is 1.94. The molecule has 0 aromatic heterocycles. The minimum absolute atomic E-state index is 0.318. The van der Waals surface area contributed by atoms with Crippen molar-refractivity contribution in [2.24, 2.45) is 0 Å². The fourth-order valence-corrected chi connectivity index (χ4v) is 2.12. The third kappa shape index (κ3) is 27.2. The Balaban J connectivity index is 2.98. The van der Waals surface area contributed by atoms with Gasteiger partial charge in [0.15, 0.2) is 0 Å². The zero-order valence-electron chi connectivity index (χ0n) is 18.8. The average molecular weight is 435 g/mol. The largest absolute Gasteiger partial charge is 0.379 e. The molecule has 0 amide bonds. The molecule has 0 aliphatic rings. The van der Waals surface area contributed by atoms with Crippen LogP contribution in [0.2, 0.25) is 0 Å². The Morgan fingerprint density at radius 3 is 1.03 bits per heavy atom. The summed E-state index contributed by atoms with van der Waals surface area (Å²) in [5.41, 5.74) is 0. The maximum atomic E-state index is 5.46. The molecule has 8 nitrogen and oxygen atoms in total. The highest BCUT2D eigenvalue weighted by Crippen LogP contribution is 1.93. The lowest BCUT2D eigenvalue weighted by atomic mass is 10.3. The molecule has 178 valence electrons. The summed E-state index contributed by atoms with van der Waals surface area (Å²) in [6.07, 6.45) is 8.62. The van der Waals surface area contributed by atoms with Crippen molar-refractivity contribution >= 4 is 0 Å². The topological polar surface area (TPSA) is 73.8 Å². The van der Waals surface area contributed by atoms with Crippen LogP contribution in [0, 0.1) is 12.3 Å². The number of unbranched alkanes of at least 4 members (excludes halogenated alkanes) is 2. The maximum absolute atomic E-state index is 5.46. The minimum Gasteiger partial charge on any atom is -0.379 e. The van der Waals surface area contributed by atoms with Gasteiger partial charge in [0.05, 0.1) is 92.5 Å². The van der Waals surface area contributed by atoms with Gasteiger partial charge in [-0.1, -0.05) is 25.7 Å². The summed E-state index contributed by atoms with van der Waals surface area (Å²) >= 11 is 0. The normalized spacial score (nSPS) is 11.1. The van der Waals surface area contributed by atoms with Gasteiger partial charge in [-0.3, -0.25) is 0 Å². The summed E-state index contributed by atoms with van der Waals surface area (Å²) in [5, 5.41) is 0. The molecule has 0 aliphatic heterocycles. The molecule has 0 aromatic carbocycles. The van der Waals surface area contributed by atoms with Gasteiger partial charge in [-0.15, -0.1) is 6.42 Å². The fraction of sp³-hybridized carbons (Fsp3) is 0.909. The van der Waals surface area contributed by atoms with Crippen LogP contribution in [0.25, 0.3) is 0 Å². The summed E-state index contributed by atoms with van der Waals surface area (Å²) in [4.78, 5) is 0. The average Bonchev–Trinajstić information content (AvgIpc) is 2.76. The molecule has 8 heteroatoms. The molecule has 0 aliphatic carbocycles. The van der Waals surface area contributed by atoms with E-state index in [4.69, 9.17) is 44.3 Å². The van der Waals surface area contributed by atoms with Crippen molar-refractivity contribution in [3.8, 4) is 12.3 Å². The van der Waals surface area contributed by atoms with Crippen molar-refractivity contribution < 1.29 is 37.9 Å². The van der Waals surface area contributed by atoms with Crippen molar-refractivity contribution in [3.63, 3.8) is 0 Å². The van der Waals surface area contributed by atoms with Gasteiger partial charge < -0.3 is 37.9 Å². The van der Waals surface area contributed by atoms with E-state index in [1.807, 2.05) is 0 Å². The quantitative estimate of drug-likeness (QED) is 0.151. The van der Waals surface area contributed by atoms with Crippen LogP contribution in [0.5, 0.6) is 0 Å². The Labute approximate surface area is 182 Å². The van der Waals surface area contributed by atoms with Crippen molar-refractivity contribution in [3.05, 3.63) is 0 Å². The van der Waals surface area contributed by atoms with Crippen LogP contribution in [0.4, 0.5) is 0 Å². The van der Waals surface area contributed by atoms with E-state index in [9.17, 15) is 0 Å². The third-order valence-corrected chi connectivity index (χ3v) is 3.68. The van der Waals surface area contributed by atoms with Crippen LogP contribution in [-0.2, 0) is 37.9 Å². The molecule has 0 aromatic rings. The van der Waals surface area contributed by atoms with E-state index >= 15 is 0 Å². The first-order valence-electron chi connectivity index (χ1n) is 11.0. The second-order valence-corrected chi connectivity index (χ2v) is 6.25. The summed E-state index contributed by atoms with van der Waals surface area (Å²) in [6, 6.07) is 0. The highest BCUT2D eigenvalue weighted by atomic mass is 16.6. The maximum Gasteiger partial charge on any atom is 0.107 e. The van der Waals surface area contributed by atoms with E-state index in [2.05, 4.69) is 12.8 Å². The van der Waals surface area contributed by atoms with Crippen LogP contribution in [0.1, 0.15) is 26.2 Å². The summed E-state index contributed by atoms with van der Waals surface area (Å²) in [7, 11) is 0. The molecule has 30 heavy (non-hydrogen) atoms. The molecule has 0 radical (unpaired) electrons. The molecule has 0 saturated carbocycles. The molecule has 0 spiro atoms. The number of hydrogen-bond acceptors (Lipinski definition) is 8. The Kier molecular flexibility index (Phi) is 27.5. The first-order chi connectivity index (χ1) is 14.9. The van der Waals surface area contributed by atoms with Crippen molar-refractivity contribution in [1.82, 2.24) is 0 Å². The Hall–Kier alpha value is -0.760. The van der Waals surface area contributed by atoms with E-state index in [1.165, 1.54) is 12.8 Å². The van der Waals surface area contributed by atoms with E-state index in [0.717, 1.165) is 13.0 Å². The Morgan fingerprint density at radius 2 is 0.733 bits per heavy atom. The lowest BCUT2D eigenvalue weighted by molar-refractivity contribution is -0.0225. The van der Waals surface area contributed by atoms with Crippen LogP contribution in [-0.4, -0.2) is 106 Å². The van der Waals surface area contributed by atoms with Crippen LogP contribution >= 0.6 is 0 Å². The summed E-state index contributed by atoms with van der Waals surface area (Å²) in [6.45, 7) is 11.0. The molecule has 0 atom stereocenters. The molecule has 0 fully saturated rings. The van der Waals surface area contributed by atoms with Gasteiger partial charge in [0.1, 0.15) is 6.61 Å². The standard InChI is InChI=1S/C22H42O8/c1-3-5-6-8-24-10-12-26-14-16-28-18-20-30-22-21-29-19-17-27-15-13-25-11-9-23-7-4-2/h2H,3,5-22H2,1H3. The highest BCUT2D eigenvalue weighted by Gasteiger charge is 1.95. The zero-order chi connectivity index (χ0) is 21.8. The van der Waals surface area contributed by atoms with Gasteiger partial charge in [-0.25, -0.2) is 0 Å². The highest BCUT2D eigenvalue weighted by molar-refractivity contribution is 4.82. The van der Waals surface area contributed by atoms with Gasteiger partial charge in [0, 0.05) is 6.61 Å². The monoisotopic (exact) mass is 434 g/mol. The smallest absolute Gasteiger partial charge is 0.107 e. The molecule has 0 saturated heterocycles. The van der Waals surface area contributed by atoms with Gasteiger partial charge >= 0.3 is 0 Å². The van der Waals surface area contributed by atoms with Gasteiger partial charge in [0.2, 0.25) is 0 Å². The van der Waals surface area contributed by atoms with E-state index in [1.54, 1.807) is 0 Å². The molecular formula is C22H42O8. The number of hydrogen-bond donors (Lipinski definition) is 0. The Bertz CT molecular complexity index is 349. The summed E-state index contributed by atoms with van der Waals surface area (Å²) in [5.74, 6) is 2.40.